The number of primary amides is 1. The van der Waals surface area contributed by atoms with Crippen LogP contribution in [0.15, 0.2) is 12.1 Å². The van der Waals surface area contributed by atoms with Gasteiger partial charge in [0.05, 0.1) is 30.8 Å². The largest absolute Gasteiger partial charge is 0.493 e. The van der Waals surface area contributed by atoms with Crippen molar-refractivity contribution >= 4 is 11.6 Å². The number of amides is 1. The number of hydrogen-bond donors (Lipinski definition) is 1. The molecule has 0 bridgehead atoms. The first-order valence-electron chi connectivity index (χ1n) is 4.21. The third kappa shape index (κ3) is 2.02. The normalized spacial score (nSPS) is 9.62. The minimum absolute atomic E-state index is 0.0839. The van der Waals surface area contributed by atoms with E-state index in [2.05, 4.69) is 0 Å². The van der Waals surface area contributed by atoms with E-state index >= 15 is 0 Å². The predicted molar refractivity (Wildman–Crippen MR) is 54.7 cm³/mol. The maximum absolute atomic E-state index is 11.1. The Kier molecular flexibility index (Phi) is 3.29. The molecule has 16 heavy (non-hydrogen) atoms. The van der Waals surface area contributed by atoms with Crippen molar-refractivity contribution < 1.29 is 19.2 Å². The highest BCUT2D eigenvalue weighted by Gasteiger charge is 2.20. The summed E-state index contributed by atoms with van der Waals surface area (Å²) in [6.45, 7) is 0. The fourth-order valence-electron chi connectivity index (χ4n) is 1.24. The molecule has 86 valence electrons. The van der Waals surface area contributed by atoms with Crippen molar-refractivity contribution in [3.05, 3.63) is 27.8 Å². The Morgan fingerprint density at radius 2 is 2.00 bits per heavy atom. The van der Waals surface area contributed by atoms with Crippen molar-refractivity contribution in [2.75, 3.05) is 14.2 Å². The molecule has 0 aliphatic rings. The monoisotopic (exact) mass is 226 g/mol. The third-order valence-electron chi connectivity index (χ3n) is 1.94. The summed E-state index contributed by atoms with van der Waals surface area (Å²) in [6.07, 6.45) is 0. The second-order valence-corrected chi connectivity index (χ2v) is 2.85. The molecular weight excluding hydrogens is 216 g/mol. The van der Waals surface area contributed by atoms with E-state index in [9.17, 15) is 14.9 Å². The molecule has 0 fully saturated rings. The Morgan fingerprint density at radius 1 is 1.38 bits per heavy atom. The van der Waals surface area contributed by atoms with Crippen LogP contribution in [0.2, 0.25) is 0 Å². The minimum Gasteiger partial charge on any atom is -0.493 e. The highest BCUT2D eigenvalue weighted by atomic mass is 16.6. The number of ether oxygens (including phenoxy) is 2. The van der Waals surface area contributed by atoms with Gasteiger partial charge in [0.15, 0.2) is 11.5 Å². The number of nitrogens with zero attached hydrogens (tertiary/aromatic N) is 1. The minimum atomic E-state index is -0.821. The summed E-state index contributed by atoms with van der Waals surface area (Å²) in [5.41, 5.74) is 4.71. The van der Waals surface area contributed by atoms with E-state index in [1.165, 1.54) is 14.2 Å². The molecule has 1 aromatic carbocycles. The smallest absolute Gasteiger partial charge is 0.274 e. The van der Waals surface area contributed by atoms with E-state index < -0.39 is 10.8 Å². The second-order valence-electron chi connectivity index (χ2n) is 2.85. The van der Waals surface area contributed by atoms with Gasteiger partial charge in [0.1, 0.15) is 0 Å². The summed E-state index contributed by atoms with van der Waals surface area (Å²) >= 11 is 0. The number of hydrogen-bond acceptors (Lipinski definition) is 5. The Morgan fingerprint density at radius 3 is 2.38 bits per heavy atom. The van der Waals surface area contributed by atoms with E-state index in [4.69, 9.17) is 15.2 Å². The van der Waals surface area contributed by atoms with Crippen molar-refractivity contribution in [3.8, 4) is 11.5 Å². The summed E-state index contributed by atoms with van der Waals surface area (Å²) in [4.78, 5) is 21.0. The molecule has 1 amide bonds. The highest BCUT2D eigenvalue weighted by Crippen LogP contribution is 2.34. The molecule has 0 saturated heterocycles. The summed E-state index contributed by atoms with van der Waals surface area (Å²) in [5, 5.41) is 10.6. The van der Waals surface area contributed by atoms with Crippen molar-refractivity contribution in [1.29, 1.82) is 0 Å². The predicted octanol–water partition coefficient (Wildman–Crippen LogP) is 0.711. The lowest BCUT2D eigenvalue weighted by Gasteiger charge is -2.10. The van der Waals surface area contributed by atoms with E-state index in [0.29, 0.717) is 0 Å². The van der Waals surface area contributed by atoms with Gasteiger partial charge in [-0.1, -0.05) is 0 Å². The molecule has 0 aliphatic carbocycles. The first-order chi connectivity index (χ1) is 7.51. The first-order valence-corrected chi connectivity index (χ1v) is 4.21. The molecule has 7 nitrogen and oxygen atoms in total. The van der Waals surface area contributed by atoms with Crippen LogP contribution in [0.25, 0.3) is 0 Å². The quantitative estimate of drug-likeness (QED) is 0.601. The Balaban J connectivity index is 3.49. The zero-order chi connectivity index (χ0) is 12.3. The van der Waals surface area contributed by atoms with Gasteiger partial charge in [-0.15, -0.1) is 0 Å². The molecule has 1 rings (SSSR count). The zero-order valence-electron chi connectivity index (χ0n) is 8.72. The number of nitrogens with two attached hydrogens (primary N) is 1. The van der Waals surface area contributed by atoms with Gasteiger partial charge in [-0.3, -0.25) is 14.9 Å². The molecule has 0 aliphatic heterocycles. The van der Waals surface area contributed by atoms with Crippen LogP contribution in [-0.2, 0) is 0 Å². The number of rotatable bonds is 4. The number of carbonyl (C=O) groups excluding carboxylic acids is 1. The fraction of sp³-hybridized carbons (Fsp3) is 0.222. The van der Waals surface area contributed by atoms with Crippen LogP contribution in [0.1, 0.15) is 10.4 Å². The van der Waals surface area contributed by atoms with Crippen molar-refractivity contribution in [2.45, 2.75) is 0 Å². The third-order valence-corrected chi connectivity index (χ3v) is 1.94. The molecule has 2 N–H and O–H groups in total. The Bertz CT molecular complexity index is 444. The molecule has 0 aromatic heterocycles. The van der Waals surface area contributed by atoms with Crippen LogP contribution in [0.4, 0.5) is 5.69 Å². The lowest BCUT2D eigenvalue weighted by Crippen LogP contribution is -2.13. The molecule has 0 heterocycles. The Labute approximate surface area is 90.9 Å². The topological polar surface area (TPSA) is 105 Å². The molecule has 0 saturated carbocycles. The molecule has 0 atom stereocenters. The van der Waals surface area contributed by atoms with Crippen molar-refractivity contribution in [1.82, 2.24) is 0 Å². The second kappa shape index (κ2) is 4.47. The van der Waals surface area contributed by atoms with Gasteiger partial charge >= 0.3 is 0 Å². The summed E-state index contributed by atoms with van der Waals surface area (Å²) in [5.74, 6) is -0.648. The maximum Gasteiger partial charge on any atom is 0.274 e. The van der Waals surface area contributed by atoms with Gasteiger partial charge in [-0.05, 0) is 0 Å². The standard InChI is InChI=1S/C9H10N2O5/c1-15-7-4-5(11(13)14)3-6(9(10)12)8(7)16-2/h3-4H,1-2H3,(H2,10,12). The average Bonchev–Trinajstić information content (AvgIpc) is 2.26. The van der Waals surface area contributed by atoms with Gasteiger partial charge in [0, 0.05) is 6.07 Å². The number of carbonyl (C=O) groups is 1. The molecule has 1 aromatic rings. The molecule has 7 heteroatoms. The SMILES string of the molecule is COc1cc([N+](=O)[O-])cc(C(N)=O)c1OC. The van der Waals surface area contributed by atoms with E-state index in [-0.39, 0.29) is 22.7 Å². The van der Waals surface area contributed by atoms with Crippen molar-refractivity contribution in [2.24, 2.45) is 5.73 Å². The maximum atomic E-state index is 11.1. The van der Waals surface area contributed by atoms with Gasteiger partial charge in [0.2, 0.25) is 0 Å². The van der Waals surface area contributed by atoms with Crippen LogP contribution in [0.3, 0.4) is 0 Å². The number of nitro benzene ring substituents is 1. The number of methoxy groups -OCH3 is 2. The van der Waals surface area contributed by atoms with Crippen LogP contribution in [-0.4, -0.2) is 25.1 Å². The molecule has 0 unspecified atom stereocenters. The Hall–Kier alpha value is -2.31. The number of benzene rings is 1. The van der Waals surface area contributed by atoms with E-state index in [0.717, 1.165) is 12.1 Å². The van der Waals surface area contributed by atoms with Crippen LogP contribution in [0, 0.1) is 10.1 Å². The van der Waals surface area contributed by atoms with Gasteiger partial charge in [-0.2, -0.15) is 0 Å². The van der Waals surface area contributed by atoms with Gasteiger partial charge in [-0.25, -0.2) is 0 Å². The van der Waals surface area contributed by atoms with Gasteiger partial charge in [0.25, 0.3) is 11.6 Å². The van der Waals surface area contributed by atoms with E-state index in [1.807, 2.05) is 0 Å². The number of nitro groups is 1. The lowest BCUT2D eigenvalue weighted by molar-refractivity contribution is -0.385. The van der Waals surface area contributed by atoms with E-state index in [1.54, 1.807) is 0 Å². The fourth-order valence-corrected chi connectivity index (χ4v) is 1.24. The first kappa shape index (κ1) is 11.8. The average molecular weight is 226 g/mol. The highest BCUT2D eigenvalue weighted by molar-refractivity contribution is 5.97. The lowest BCUT2D eigenvalue weighted by atomic mass is 10.1. The summed E-state index contributed by atoms with van der Waals surface area (Å²) in [7, 11) is 2.63. The van der Waals surface area contributed by atoms with Crippen LogP contribution >= 0.6 is 0 Å². The molecule has 0 spiro atoms. The van der Waals surface area contributed by atoms with Gasteiger partial charge < -0.3 is 15.2 Å². The molecular formula is C9H10N2O5. The zero-order valence-corrected chi connectivity index (χ0v) is 8.72. The summed E-state index contributed by atoms with van der Waals surface area (Å²) < 4.78 is 9.80. The number of non-ortho nitro benzene ring substituents is 1. The van der Waals surface area contributed by atoms with Crippen LogP contribution < -0.4 is 15.2 Å². The summed E-state index contributed by atoms with van der Waals surface area (Å²) in [6, 6.07) is 2.20. The molecule has 0 radical (unpaired) electrons. The van der Waals surface area contributed by atoms with Crippen LogP contribution in [0.5, 0.6) is 11.5 Å². The van der Waals surface area contributed by atoms with Crippen molar-refractivity contribution in [3.63, 3.8) is 0 Å².